The van der Waals surface area contributed by atoms with Crippen molar-refractivity contribution in [3.05, 3.63) is 0 Å². The van der Waals surface area contributed by atoms with Crippen LogP contribution in [0.1, 0.15) is 12.8 Å². The molecule has 0 aromatic rings. The van der Waals surface area contributed by atoms with Crippen LogP contribution in [0, 0.1) is 5.92 Å². The number of nitrogens with zero attached hydrogens (tertiary/aromatic N) is 1. The Balaban J connectivity index is 1.97. The predicted molar refractivity (Wildman–Crippen MR) is 50.1 cm³/mol. The molecular weight excluding hydrogens is 239 g/mol. The van der Waals surface area contributed by atoms with E-state index in [4.69, 9.17) is 4.74 Å². The van der Waals surface area contributed by atoms with Crippen LogP contribution in [0.5, 0.6) is 0 Å². The van der Waals surface area contributed by atoms with E-state index in [1.807, 2.05) is 0 Å². The molecule has 0 N–H and O–H groups in total. The van der Waals surface area contributed by atoms with Gasteiger partial charge in [0.2, 0.25) is 0 Å². The Morgan fingerprint density at radius 2 is 1.88 bits per heavy atom. The van der Waals surface area contributed by atoms with Crippen molar-refractivity contribution in [2.24, 2.45) is 5.92 Å². The second-order valence-corrected chi connectivity index (χ2v) is 4.29. The number of hydrogen-bond acceptors (Lipinski definition) is 3. The van der Waals surface area contributed by atoms with E-state index < -0.39 is 18.2 Å². The van der Waals surface area contributed by atoms with E-state index in [1.54, 1.807) is 0 Å². The molecule has 2 rings (SSSR count). The fourth-order valence-electron chi connectivity index (χ4n) is 1.82. The predicted octanol–water partition coefficient (Wildman–Crippen LogP) is 0.755. The fourth-order valence-corrected chi connectivity index (χ4v) is 1.82. The molecule has 0 spiro atoms. The monoisotopic (exact) mass is 251 g/mol. The van der Waals surface area contributed by atoms with Crippen molar-refractivity contribution >= 4 is 11.7 Å². The molecule has 96 valence electrons. The molecule has 1 amide bonds. The van der Waals surface area contributed by atoms with Crippen LogP contribution in [0.4, 0.5) is 13.2 Å². The third kappa shape index (κ3) is 2.77. The average Bonchev–Trinajstić information content (AvgIpc) is 3.10. The van der Waals surface area contributed by atoms with Crippen LogP contribution in [0.15, 0.2) is 0 Å². The first kappa shape index (κ1) is 12.3. The van der Waals surface area contributed by atoms with Gasteiger partial charge in [-0.25, -0.2) is 0 Å². The molecule has 7 heteroatoms. The number of ether oxygens (including phenoxy) is 1. The summed E-state index contributed by atoms with van der Waals surface area (Å²) in [7, 11) is 0. The third-order valence-electron chi connectivity index (χ3n) is 2.89. The molecule has 2 fully saturated rings. The van der Waals surface area contributed by atoms with Crippen molar-refractivity contribution in [2.45, 2.75) is 25.1 Å². The van der Waals surface area contributed by atoms with Gasteiger partial charge in [-0.05, 0) is 12.8 Å². The SMILES string of the molecule is O=C(C1CC1)C1CN(C(=O)C(F)(F)F)CCO1. The molecule has 0 radical (unpaired) electrons. The number of hydrogen-bond donors (Lipinski definition) is 0. The topological polar surface area (TPSA) is 46.6 Å². The van der Waals surface area contributed by atoms with Gasteiger partial charge in [0.25, 0.3) is 0 Å². The molecule has 2 aliphatic rings. The van der Waals surface area contributed by atoms with Gasteiger partial charge in [-0.15, -0.1) is 0 Å². The lowest BCUT2D eigenvalue weighted by Gasteiger charge is -2.32. The minimum absolute atomic E-state index is 0.0229. The van der Waals surface area contributed by atoms with Crippen LogP contribution in [0.25, 0.3) is 0 Å². The van der Waals surface area contributed by atoms with Crippen LogP contribution in [-0.2, 0) is 14.3 Å². The highest BCUT2D eigenvalue weighted by Crippen LogP contribution is 2.32. The molecule has 0 aromatic carbocycles. The summed E-state index contributed by atoms with van der Waals surface area (Å²) in [6.45, 7) is -0.425. The zero-order valence-corrected chi connectivity index (χ0v) is 9.00. The zero-order chi connectivity index (χ0) is 12.6. The number of Topliss-reactive ketones (excluding diaryl/α,β-unsaturated/α-hetero) is 1. The Kier molecular flexibility index (Phi) is 3.11. The van der Waals surface area contributed by atoms with Gasteiger partial charge in [0, 0.05) is 12.5 Å². The maximum absolute atomic E-state index is 12.2. The van der Waals surface area contributed by atoms with Crippen LogP contribution in [-0.4, -0.2) is 48.6 Å². The van der Waals surface area contributed by atoms with E-state index >= 15 is 0 Å². The highest BCUT2D eigenvalue weighted by Gasteiger charge is 2.45. The first-order valence-corrected chi connectivity index (χ1v) is 5.41. The first-order valence-electron chi connectivity index (χ1n) is 5.41. The first-order chi connectivity index (χ1) is 7.89. The van der Waals surface area contributed by atoms with E-state index in [2.05, 4.69) is 0 Å². The zero-order valence-electron chi connectivity index (χ0n) is 9.00. The number of morpholine rings is 1. The Morgan fingerprint density at radius 1 is 1.24 bits per heavy atom. The summed E-state index contributed by atoms with van der Waals surface area (Å²) in [5.74, 6) is -2.15. The van der Waals surface area contributed by atoms with Gasteiger partial charge in [-0.2, -0.15) is 13.2 Å². The van der Waals surface area contributed by atoms with Gasteiger partial charge < -0.3 is 9.64 Å². The Bertz CT molecular complexity index is 338. The summed E-state index contributed by atoms with van der Waals surface area (Å²) in [6.07, 6.45) is -4.23. The fraction of sp³-hybridized carbons (Fsp3) is 0.800. The molecule has 1 aliphatic heterocycles. The maximum atomic E-state index is 12.2. The van der Waals surface area contributed by atoms with Gasteiger partial charge >= 0.3 is 12.1 Å². The average molecular weight is 251 g/mol. The molecule has 4 nitrogen and oxygen atoms in total. The van der Waals surface area contributed by atoms with Gasteiger partial charge in [0.05, 0.1) is 13.2 Å². The van der Waals surface area contributed by atoms with Crippen LogP contribution in [0.2, 0.25) is 0 Å². The van der Waals surface area contributed by atoms with E-state index in [1.165, 1.54) is 0 Å². The summed E-state index contributed by atoms with van der Waals surface area (Å²) < 4.78 is 41.8. The highest BCUT2D eigenvalue weighted by atomic mass is 19.4. The Hall–Kier alpha value is -1.11. The molecule has 1 saturated carbocycles. The molecular formula is C10H12F3NO3. The number of carbonyl (C=O) groups is 2. The molecule has 1 aliphatic carbocycles. The second kappa shape index (κ2) is 4.29. The molecule has 1 saturated heterocycles. The van der Waals surface area contributed by atoms with Gasteiger partial charge in [0.1, 0.15) is 6.10 Å². The van der Waals surface area contributed by atoms with Gasteiger partial charge in [-0.1, -0.05) is 0 Å². The summed E-state index contributed by atoms with van der Waals surface area (Å²) in [5.41, 5.74) is 0. The second-order valence-electron chi connectivity index (χ2n) is 4.29. The molecule has 1 unspecified atom stereocenters. The smallest absolute Gasteiger partial charge is 0.367 e. The molecule has 0 bridgehead atoms. The third-order valence-corrected chi connectivity index (χ3v) is 2.89. The number of halogens is 3. The minimum Gasteiger partial charge on any atom is -0.367 e. The molecule has 1 heterocycles. The maximum Gasteiger partial charge on any atom is 0.471 e. The Labute approximate surface area is 95.7 Å². The van der Waals surface area contributed by atoms with Crippen molar-refractivity contribution < 1.29 is 27.5 Å². The lowest BCUT2D eigenvalue weighted by molar-refractivity contribution is -0.191. The summed E-state index contributed by atoms with van der Waals surface area (Å²) in [5, 5.41) is 0. The van der Waals surface area contributed by atoms with Crippen molar-refractivity contribution in [1.82, 2.24) is 4.90 Å². The van der Waals surface area contributed by atoms with Crippen molar-refractivity contribution in [3.8, 4) is 0 Å². The quantitative estimate of drug-likeness (QED) is 0.727. The van der Waals surface area contributed by atoms with Crippen molar-refractivity contribution in [2.75, 3.05) is 19.7 Å². The lowest BCUT2D eigenvalue weighted by Crippen LogP contribution is -2.52. The molecule has 17 heavy (non-hydrogen) atoms. The Morgan fingerprint density at radius 3 is 2.41 bits per heavy atom. The molecule has 1 atom stereocenters. The van der Waals surface area contributed by atoms with E-state index in [0.29, 0.717) is 4.90 Å². The van der Waals surface area contributed by atoms with Crippen LogP contribution >= 0.6 is 0 Å². The number of carbonyl (C=O) groups excluding carboxylic acids is 2. The number of rotatable bonds is 2. The van der Waals surface area contributed by atoms with Crippen LogP contribution < -0.4 is 0 Å². The highest BCUT2D eigenvalue weighted by molar-refractivity contribution is 5.89. The van der Waals surface area contributed by atoms with Gasteiger partial charge in [-0.3, -0.25) is 9.59 Å². The summed E-state index contributed by atoms with van der Waals surface area (Å²) in [6, 6.07) is 0. The van der Waals surface area contributed by atoms with Crippen LogP contribution in [0.3, 0.4) is 0 Å². The normalized spacial score (nSPS) is 25.8. The minimum atomic E-state index is -4.88. The van der Waals surface area contributed by atoms with E-state index in [-0.39, 0.29) is 31.4 Å². The standard InChI is InChI=1S/C10H12F3NO3/c11-10(12,13)9(16)14-3-4-17-7(5-14)8(15)6-1-2-6/h6-7H,1-5H2. The number of amides is 1. The summed E-state index contributed by atoms with van der Waals surface area (Å²) in [4.78, 5) is 23.3. The summed E-state index contributed by atoms with van der Waals surface area (Å²) >= 11 is 0. The van der Waals surface area contributed by atoms with Gasteiger partial charge in [0.15, 0.2) is 5.78 Å². The van der Waals surface area contributed by atoms with E-state index in [0.717, 1.165) is 12.8 Å². The lowest BCUT2D eigenvalue weighted by atomic mass is 10.1. The van der Waals surface area contributed by atoms with Crippen molar-refractivity contribution in [1.29, 1.82) is 0 Å². The largest absolute Gasteiger partial charge is 0.471 e. The van der Waals surface area contributed by atoms with E-state index in [9.17, 15) is 22.8 Å². The number of alkyl halides is 3. The van der Waals surface area contributed by atoms with Crippen molar-refractivity contribution in [3.63, 3.8) is 0 Å². The molecule has 0 aromatic heterocycles. The number of ketones is 1.